The van der Waals surface area contributed by atoms with Gasteiger partial charge in [-0.05, 0) is 5.56 Å². The van der Waals surface area contributed by atoms with Gasteiger partial charge in [-0.3, -0.25) is 10.1 Å². The second-order valence-corrected chi connectivity index (χ2v) is 3.77. The average Bonchev–Trinajstić information content (AvgIpc) is 2.38. The molecule has 2 rings (SSSR count). The summed E-state index contributed by atoms with van der Waals surface area (Å²) in [6.07, 6.45) is 0. The molecule has 0 bridgehead atoms. The monoisotopic (exact) mass is 265 g/mol. The van der Waals surface area contributed by atoms with Crippen LogP contribution in [0, 0.1) is 21.7 Å². The highest BCUT2D eigenvalue weighted by Crippen LogP contribution is 2.27. The zero-order chi connectivity index (χ0) is 13.8. The van der Waals surface area contributed by atoms with E-state index in [9.17, 15) is 18.9 Å². The van der Waals surface area contributed by atoms with Crippen molar-refractivity contribution in [2.24, 2.45) is 0 Å². The van der Waals surface area contributed by atoms with Crippen molar-refractivity contribution >= 4 is 5.69 Å². The van der Waals surface area contributed by atoms with Gasteiger partial charge in [-0.25, -0.2) is 8.78 Å². The Morgan fingerprint density at radius 2 is 1.68 bits per heavy atom. The van der Waals surface area contributed by atoms with Crippen LogP contribution in [0.25, 0.3) is 0 Å². The Bertz CT molecular complexity index is 579. The third-order valence-electron chi connectivity index (χ3n) is 2.42. The highest BCUT2D eigenvalue weighted by molar-refractivity contribution is 5.39. The Balaban J connectivity index is 2.19. The zero-order valence-corrected chi connectivity index (χ0v) is 9.68. The molecule has 0 aromatic heterocycles. The molecule has 4 nitrogen and oxygen atoms in total. The summed E-state index contributed by atoms with van der Waals surface area (Å²) in [6.45, 7) is -0.0213. The maximum atomic E-state index is 13.5. The summed E-state index contributed by atoms with van der Waals surface area (Å²) in [4.78, 5) is 9.56. The number of halogens is 2. The molecule has 0 unspecified atom stereocenters. The first kappa shape index (κ1) is 12.9. The molecule has 0 N–H and O–H groups in total. The van der Waals surface area contributed by atoms with Gasteiger partial charge in [0.1, 0.15) is 6.61 Å². The lowest BCUT2D eigenvalue weighted by Gasteiger charge is -2.08. The van der Waals surface area contributed by atoms with E-state index in [-0.39, 0.29) is 6.61 Å². The predicted octanol–water partition coefficient (Wildman–Crippen LogP) is 3.45. The predicted molar refractivity (Wildman–Crippen MR) is 63.8 cm³/mol. The lowest BCUT2D eigenvalue weighted by atomic mass is 10.2. The molecule has 0 saturated heterocycles. The molecular weight excluding hydrogens is 256 g/mol. The molecule has 19 heavy (non-hydrogen) atoms. The highest BCUT2D eigenvalue weighted by atomic mass is 19.1. The molecule has 0 aliphatic carbocycles. The number of non-ortho nitro benzene ring substituents is 1. The van der Waals surface area contributed by atoms with Gasteiger partial charge in [0.2, 0.25) is 0 Å². The lowest BCUT2D eigenvalue weighted by molar-refractivity contribution is -0.385. The van der Waals surface area contributed by atoms with Crippen molar-refractivity contribution < 1.29 is 18.4 Å². The molecule has 6 heteroatoms. The third kappa shape index (κ3) is 3.04. The molecule has 0 heterocycles. The van der Waals surface area contributed by atoms with Gasteiger partial charge in [-0.1, -0.05) is 30.3 Å². The molecule has 2 aromatic carbocycles. The molecule has 2 aromatic rings. The smallest absolute Gasteiger partial charge is 0.275 e. The summed E-state index contributed by atoms with van der Waals surface area (Å²) in [5, 5.41) is 10.4. The van der Waals surface area contributed by atoms with Crippen LogP contribution in [-0.4, -0.2) is 4.92 Å². The minimum atomic E-state index is -1.09. The Morgan fingerprint density at radius 3 is 2.21 bits per heavy atom. The van der Waals surface area contributed by atoms with Gasteiger partial charge in [0.05, 0.1) is 17.1 Å². The molecule has 98 valence electrons. The van der Waals surface area contributed by atoms with Crippen molar-refractivity contribution in [2.75, 3.05) is 0 Å². The SMILES string of the molecule is O=[N+]([O-])c1cc(F)c(OCc2ccccc2)c(F)c1. The lowest BCUT2D eigenvalue weighted by Crippen LogP contribution is -2.01. The number of nitro groups is 1. The van der Waals surface area contributed by atoms with Gasteiger partial charge in [0, 0.05) is 0 Å². The fourth-order valence-corrected chi connectivity index (χ4v) is 1.52. The van der Waals surface area contributed by atoms with Crippen LogP contribution in [0.4, 0.5) is 14.5 Å². The van der Waals surface area contributed by atoms with Crippen molar-refractivity contribution in [3.05, 3.63) is 69.8 Å². The van der Waals surface area contributed by atoms with Crippen molar-refractivity contribution in [1.82, 2.24) is 0 Å². The number of hydrogen-bond acceptors (Lipinski definition) is 3. The fourth-order valence-electron chi connectivity index (χ4n) is 1.52. The summed E-state index contributed by atoms with van der Waals surface area (Å²) >= 11 is 0. The third-order valence-corrected chi connectivity index (χ3v) is 2.42. The highest BCUT2D eigenvalue weighted by Gasteiger charge is 2.18. The second kappa shape index (κ2) is 5.43. The number of nitrogens with zero attached hydrogens (tertiary/aromatic N) is 1. The van der Waals surface area contributed by atoms with Crippen LogP contribution >= 0.6 is 0 Å². The number of hydrogen-bond donors (Lipinski definition) is 0. The number of nitro benzene ring substituents is 1. The van der Waals surface area contributed by atoms with Crippen LogP contribution in [0.2, 0.25) is 0 Å². The molecule has 0 fully saturated rings. The standard InChI is InChI=1S/C13H9F2NO3/c14-11-6-10(16(17)18)7-12(15)13(11)19-8-9-4-2-1-3-5-9/h1-7H,8H2. The molecule has 0 aliphatic heterocycles. The first-order valence-corrected chi connectivity index (χ1v) is 5.38. The van der Waals surface area contributed by atoms with E-state index in [0.717, 1.165) is 5.56 Å². The maximum absolute atomic E-state index is 13.5. The number of ether oxygens (including phenoxy) is 1. The Labute approximate surface area is 107 Å². The van der Waals surface area contributed by atoms with E-state index in [2.05, 4.69) is 0 Å². The average molecular weight is 265 g/mol. The van der Waals surface area contributed by atoms with Gasteiger partial charge in [-0.2, -0.15) is 0 Å². The van der Waals surface area contributed by atoms with Crippen LogP contribution in [0.1, 0.15) is 5.56 Å². The van der Waals surface area contributed by atoms with Crippen LogP contribution in [0.3, 0.4) is 0 Å². The molecule has 0 spiro atoms. The van der Waals surface area contributed by atoms with E-state index < -0.39 is 28.0 Å². The van der Waals surface area contributed by atoms with Crippen LogP contribution in [0.15, 0.2) is 42.5 Å². The largest absolute Gasteiger partial charge is 0.483 e. The Hall–Kier alpha value is -2.50. The zero-order valence-electron chi connectivity index (χ0n) is 9.68. The maximum Gasteiger partial charge on any atom is 0.275 e. The minimum absolute atomic E-state index is 0.0213. The summed E-state index contributed by atoms with van der Waals surface area (Å²) < 4.78 is 32.0. The van der Waals surface area contributed by atoms with Crippen molar-refractivity contribution in [2.45, 2.75) is 6.61 Å². The van der Waals surface area contributed by atoms with E-state index >= 15 is 0 Å². The van der Waals surface area contributed by atoms with Gasteiger partial charge >= 0.3 is 0 Å². The summed E-state index contributed by atoms with van der Waals surface area (Å²) in [5.74, 6) is -2.81. The number of benzene rings is 2. The molecule has 0 amide bonds. The second-order valence-electron chi connectivity index (χ2n) is 3.77. The fraction of sp³-hybridized carbons (Fsp3) is 0.0769. The Kier molecular flexibility index (Phi) is 3.70. The molecule has 0 saturated carbocycles. The molecule has 0 aliphatic rings. The Morgan fingerprint density at radius 1 is 1.11 bits per heavy atom. The first-order chi connectivity index (χ1) is 9.08. The summed E-state index contributed by atoms with van der Waals surface area (Å²) in [7, 11) is 0. The van der Waals surface area contributed by atoms with E-state index in [1.54, 1.807) is 30.3 Å². The molecule has 0 radical (unpaired) electrons. The van der Waals surface area contributed by atoms with E-state index in [1.165, 1.54) is 0 Å². The van der Waals surface area contributed by atoms with Gasteiger partial charge in [0.15, 0.2) is 17.4 Å². The van der Waals surface area contributed by atoms with Crippen molar-refractivity contribution in [1.29, 1.82) is 0 Å². The molecular formula is C13H9F2NO3. The number of rotatable bonds is 4. The van der Waals surface area contributed by atoms with Gasteiger partial charge in [-0.15, -0.1) is 0 Å². The first-order valence-electron chi connectivity index (χ1n) is 5.38. The minimum Gasteiger partial charge on any atom is -0.483 e. The van der Waals surface area contributed by atoms with Crippen LogP contribution in [0.5, 0.6) is 5.75 Å². The summed E-state index contributed by atoms with van der Waals surface area (Å²) in [6, 6.07) is 10.1. The van der Waals surface area contributed by atoms with E-state index in [0.29, 0.717) is 12.1 Å². The van der Waals surface area contributed by atoms with E-state index in [1.807, 2.05) is 0 Å². The molecule has 0 atom stereocenters. The van der Waals surface area contributed by atoms with Gasteiger partial charge < -0.3 is 4.74 Å². The van der Waals surface area contributed by atoms with Crippen LogP contribution in [-0.2, 0) is 6.61 Å². The van der Waals surface area contributed by atoms with E-state index in [4.69, 9.17) is 4.74 Å². The normalized spacial score (nSPS) is 10.2. The quantitative estimate of drug-likeness (QED) is 0.628. The van der Waals surface area contributed by atoms with Crippen LogP contribution < -0.4 is 4.74 Å². The van der Waals surface area contributed by atoms with Gasteiger partial charge in [0.25, 0.3) is 5.69 Å². The summed E-state index contributed by atoms with van der Waals surface area (Å²) in [5.41, 5.74) is 0.0849. The van der Waals surface area contributed by atoms with Crippen molar-refractivity contribution in [3.8, 4) is 5.75 Å². The topological polar surface area (TPSA) is 52.4 Å². The van der Waals surface area contributed by atoms with Crippen molar-refractivity contribution in [3.63, 3.8) is 0 Å².